The monoisotopic (exact) mass is 468 g/mol. The van der Waals surface area contributed by atoms with Crippen molar-refractivity contribution in [1.29, 1.82) is 0 Å². The molecule has 3 rings (SSSR count). The van der Waals surface area contributed by atoms with E-state index in [-0.39, 0.29) is 12.3 Å². The number of nitrogens with zero attached hydrogens (tertiary/aromatic N) is 1. The summed E-state index contributed by atoms with van der Waals surface area (Å²) < 4.78 is 10.0. The van der Waals surface area contributed by atoms with Gasteiger partial charge in [-0.3, -0.25) is 10.1 Å². The smallest absolute Gasteiger partial charge is 0.338 e. The summed E-state index contributed by atoms with van der Waals surface area (Å²) in [7, 11) is 1.57. The predicted molar refractivity (Wildman–Crippen MR) is 127 cm³/mol. The summed E-state index contributed by atoms with van der Waals surface area (Å²) in [5.74, 6) is 0.114. The molecule has 0 radical (unpaired) electrons. The average Bonchev–Trinajstić information content (AvgIpc) is 3.26. The SMILES string of the molecule is CCOC(=O)c1ccc(NC(=O)CCc2csc(NC(=O)Nc3ccc(OC)cc3)n2)cc1. The van der Waals surface area contributed by atoms with Crippen LogP contribution in [0.25, 0.3) is 0 Å². The van der Waals surface area contributed by atoms with Crippen LogP contribution in [0.5, 0.6) is 5.75 Å². The highest BCUT2D eigenvalue weighted by Gasteiger charge is 2.10. The second-order valence-electron chi connectivity index (χ2n) is 6.80. The fourth-order valence-corrected chi connectivity index (χ4v) is 3.52. The molecule has 3 amide bonds. The minimum Gasteiger partial charge on any atom is -0.497 e. The van der Waals surface area contributed by atoms with Crippen molar-refractivity contribution in [2.45, 2.75) is 19.8 Å². The van der Waals surface area contributed by atoms with Crippen molar-refractivity contribution in [3.8, 4) is 5.75 Å². The van der Waals surface area contributed by atoms with Crippen molar-refractivity contribution < 1.29 is 23.9 Å². The van der Waals surface area contributed by atoms with E-state index in [2.05, 4.69) is 20.9 Å². The van der Waals surface area contributed by atoms with E-state index in [1.54, 1.807) is 67.9 Å². The van der Waals surface area contributed by atoms with Crippen LogP contribution in [0, 0.1) is 0 Å². The Labute approximate surface area is 195 Å². The summed E-state index contributed by atoms with van der Waals surface area (Å²) in [5, 5.41) is 10.4. The maximum atomic E-state index is 12.2. The molecule has 3 N–H and O–H groups in total. The normalized spacial score (nSPS) is 10.2. The lowest BCUT2D eigenvalue weighted by molar-refractivity contribution is -0.116. The van der Waals surface area contributed by atoms with E-state index in [1.807, 2.05) is 0 Å². The molecular weight excluding hydrogens is 444 g/mol. The zero-order chi connectivity index (χ0) is 23.6. The molecule has 0 bridgehead atoms. The van der Waals surface area contributed by atoms with Gasteiger partial charge in [0, 0.05) is 23.2 Å². The lowest BCUT2D eigenvalue weighted by Crippen LogP contribution is -2.19. The summed E-state index contributed by atoms with van der Waals surface area (Å²) in [4.78, 5) is 40.4. The molecule has 2 aromatic carbocycles. The summed E-state index contributed by atoms with van der Waals surface area (Å²) in [6, 6.07) is 13.0. The van der Waals surface area contributed by atoms with Crippen LogP contribution in [0.1, 0.15) is 29.4 Å². The fraction of sp³-hybridized carbons (Fsp3) is 0.217. The van der Waals surface area contributed by atoms with Gasteiger partial charge in [-0.05, 0) is 61.9 Å². The zero-order valence-electron chi connectivity index (χ0n) is 18.2. The van der Waals surface area contributed by atoms with Crippen LogP contribution in [-0.4, -0.2) is 36.6 Å². The van der Waals surface area contributed by atoms with Crippen LogP contribution in [-0.2, 0) is 16.0 Å². The molecule has 0 unspecified atom stereocenters. The van der Waals surface area contributed by atoms with Crippen LogP contribution in [0.3, 0.4) is 0 Å². The standard InChI is InChI=1S/C23H24N4O5S/c1-3-32-21(29)15-4-6-16(7-5-15)24-20(28)13-10-18-14-33-23(26-18)27-22(30)25-17-8-11-19(31-2)12-9-17/h4-9,11-12,14H,3,10,13H2,1-2H3,(H,24,28)(H2,25,26,27,30). The number of aromatic nitrogens is 1. The third kappa shape index (κ3) is 7.32. The van der Waals surface area contributed by atoms with Gasteiger partial charge < -0.3 is 20.1 Å². The molecule has 0 aliphatic rings. The first-order chi connectivity index (χ1) is 16.0. The number of urea groups is 1. The molecule has 0 spiro atoms. The van der Waals surface area contributed by atoms with Gasteiger partial charge in [0.15, 0.2) is 5.13 Å². The van der Waals surface area contributed by atoms with Gasteiger partial charge in [0.25, 0.3) is 0 Å². The number of thiazole rings is 1. The van der Waals surface area contributed by atoms with Crippen molar-refractivity contribution in [1.82, 2.24) is 4.98 Å². The van der Waals surface area contributed by atoms with E-state index in [9.17, 15) is 14.4 Å². The van der Waals surface area contributed by atoms with Gasteiger partial charge in [-0.1, -0.05) is 0 Å². The predicted octanol–water partition coefficient (Wildman–Crippen LogP) is 4.54. The summed E-state index contributed by atoms with van der Waals surface area (Å²) in [6.07, 6.45) is 0.645. The van der Waals surface area contributed by atoms with Crippen molar-refractivity contribution in [3.63, 3.8) is 0 Å². The second kappa shape index (κ2) is 11.6. The van der Waals surface area contributed by atoms with E-state index in [1.165, 1.54) is 11.3 Å². The second-order valence-corrected chi connectivity index (χ2v) is 7.66. The van der Waals surface area contributed by atoms with E-state index >= 15 is 0 Å². The maximum Gasteiger partial charge on any atom is 0.338 e. The molecule has 9 nitrogen and oxygen atoms in total. The number of hydrogen-bond acceptors (Lipinski definition) is 7. The Morgan fingerprint density at radius 1 is 0.939 bits per heavy atom. The number of benzene rings is 2. The van der Waals surface area contributed by atoms with Gasteiger partial charge >= 0.3 is 12.0 Å². The number of carbonyl (C=O) groups is 3. The minimum absolute atomic E-state index is 0.182. The van der Waals surface area contributed by atoms with Gasteiger partial charge in [0.1, 0.15) is 5.75 Å². The molecule has 0 saturated heterocycles. The average molecular weight is 469 g/mol. The van der Waals surface area contributed by atoms with Crippen LogP contribution in [0.15, 0.2) is 53.9 Å². The van der Waals surface area contributed by atoms with Crippen molar-refractivity contribution in [2.75, 3.05) is 29.7 Å². The van der Waals surface area contributed by atoms with Crippen LogP contribution in [0.2, 0.25) is 0 Å². The van der Waals surface area contributed by atoms with Gasteiger partial charge in [0.2, 0.25) is 5.91 Å². The lowest BCUT2D eigenvalue weighted by atomic mass is 10.2. The third-order valence-electron chi connectivity index (χ3n) is 4.41. The Balaban J connectivity index is 1.43. The van der Waals surface area contributed by atoms with E-state index in [4.69, 9.17) is 9.47 Å². The zero-order valence-corrected chi connectivity index (χ0v) is 19.0. The first-order valence-corrected chi connectivity index (χ1v) is 11.1. The Bertz CT molecular complexity index is 1100. The van der Waals surface area contributed by atoms with Gasteiger partial charge in [-0.15, -0.1) is 11.3 Å². The largest absolute Gasteiger partial charge is 0.497 e. The summed E-state index contributed by atoms with van der Waals surface area (Å²) in [5.41, 5.74) is 2.34. The molecule has 10 heteroatoms. The highest BCUT2D eigenvalue weighted by Crippen LogP contribution is 2.19. The lowest BCUT2D eigenvalue weighted by Gasteiger charge is -2.06. The van der Waals surface area contributed by atoms with Crippen molar-refractivity contribution in [2.24, 2.45) is 0 Å². The number of carbonyl (C=O) groups excluding carboxylic acids is 3. The molecule has 0 saturated carbocycles. The molecule has 0 fully saturated rings. The summed E-state index contributed by atoms with van der Waals surface area (Å²) in [6.45, 7) is 2.05. The first-order valence-electron chi connectivity index (χ1n) is 10.2. The Morgan fingerprint density at radius 2 is 1.61 bits per heavy atom. The van der Waals surface area contributed by atoms with E-state index in [0.29, 0.717) is 46.5 Å². The number of esters is 1. The number of nitrogens with one attached hydrogen (secondary N) is 3. The molecular formula is C23H24N4O5S. The molecule has 1 heterocycles. The Kier molecular flexibility index (Phi) is 8.36. The number of aryl methyl sites for hydroxylation is 1. The number of amides is 3. The first kappa shape index (κ1) is 23.7. The maximum absolute atomic E-state index is 12.2. The van der Waals surface area contributed by atoms with E-state index < -0.39 is 12.0 Å². The number of rotatable bonds is 9. The number of anilines is 3. The quantitative estimate of drug-likeness (QED) is 0.397. The molecule has 0 aliphatic heterocycles. The molecule has 3 aromatic rings. The fourth-order valence-electron chi connectivity index (χ4n) is 2.78. The summed E-state index contributed by atoms with van der Waals surface area (Å²) >= 11 is 1.28. The Morgan fingerprint density at radius 3 is 2.27 bits per heavy atom. The van der Waals surface area contributed by atoms with E-state index in [0.717, 1.165) is 0 Å². The highest BCUT2D eigenvalue weighted by atomic mass is 32.1. The van der Waals surface area contributed by atoms with Crippen LogP contribution in [0.4, 0.5) is 21.3 Å². The molecule has 33 heavy (non-hydrogen) atoms. The highest BCUT2D eigenvalue weighted by molar-refractivity contribution is 7.13. The minimum atomic E-state index is -0.412. The molecule has 172 valence electrons. The number of hydrogen-bond donors (Lipinski definition) is 3. The molecule has 0 aliphatic carbocycles. The topological polar surface area (TPSA) is 119 Å². The van der Waals surface area contributed by atoms with Crippen molar-refractivity contribution in [3.05, 3.63) is 65.2 Å². The Hall–Kier alpha value is -3.92. The number of methoxy groups -OCH3 is 1. The number of ether oxygens (including phenoxy) is 2. The van der Waals surface area contributed by atoms with Crippen LogP contribution < -0.4 is 20.7 Å². The van der Waals surface area contributed by atoms with Crippen LogP contribution >= 0.6 is 11.3 Å². The molecule has 1 aromatic heterocycles. The van der Waals surface area contributed by atoms with Gasteiger partial charge in [-0.2, -0.15) is 0 Å². The third-order valence-corrected chi connectivity index (χ3v) is 5.21. The van der Waals surface area contributed by atoms with Gasteiger partial charge in [0.05, 0.1) is 25.0 Å². The van der Waals surface area contributed by atoms with Crippen molar-refractivity contribution >= 4 is 45.8 Å². The molecule has 0 atom stereocenters. The van der Waals surface area contributed by atoms with Gasteiger partial charge in [-0.25, -0.2) is 14.6 Å².